The Morgan fingerprint density at radius 3 is 2.29 bits per heavy atom. The summed E-state index contributed by atoms with van der Waals surface area (Å²) < 4.78 is 0. The molecule has 0 bridgehead atoms. The van der Waals surface area contributed by atoms with Crippen LogP contribution in [0.2, 0.25) is 0 Å². The van der Waals surface area contributed by atoms with Crippen molar-refractivity contribution in [2.75, 3.05) is 13.1 Å². The Kier molecular flexibility index (Phi) is 3.38. The average molecular weight is 239 g/mol. The number of likely N-dealkylation sites (tertiary alicyclic amines) is 1. The van der Waals surface area contributed by atoms with Crippen LogP contribution in [0.5, 0.6) is 0 Å². The molecule has 0 radical (unpaired) electrons. The lowest BCUT2D eigenvalue weighted by molar-refractivity contribution is -0.131. The van der Waals surface area contributed by atoms with Crippen LogP contribution in [0.25, 0.3) is 0 Å². The topological polar surface area (TPSA) is 75.4 Å². The van der Waals surface area contributed by atoms with Gasteiger partial charge in [-0.25, -0.2) is 0 Å². The van der Waals surface area contributed by atoms with Crippen LogP contribution >= 0.6 is 0 Å². The third-order valence-electron chi connectivity index (χ3n) is 3.97. The maximum absolute atomic E-state index is 11.9. The third kappa shape index (κ3) is 2.60. The molecule has 0 aromatic carbocycles. The van der Waals surface area contributed by atoms with E-state index in [9.17, 15) is 9.59 Å². The summed E-state index contributed by atoms with van der Waals surface area (Å²) in [5.74, 6) is 0.106. The summed E-state index contributed by atoms with van der Waals surface area (Å²) in [4.78, 5) is 24.9. The fourth-order valence-electron chi connectivity index (χ4n) is 2.45. The van der Waals surface area contributed by atoms with Gasteiger partial charge in [0.05, 0.1) is 5.54 Å². The van der Waals surface area contributed by atoms with E-state index in [0.717, 1.165) is 45.2 Å². The smallest absolute Gasteiger partial charge is 0.240 e. The van der Waals surface area contributed by atoms with Gasteiger partial charge in [-0.15, -0.1) is 0 Å². The second-order valence-electron chi connectivity index (χ2n) is 5.26. The normalized spacial score (nSPS) is 24.0. The summed E-state index contributed by atoms with van der Waals surface area (Å²) in [6.45, 7) is 3.05. The van der Waals surface area contributed by atoms with Crippen LogP contribution in [0, 0.1) is 0 Å². The minimum Gasteiger partial charge on any atom is -0.352 e. The number of rotatable bonds is 2. The molecule has 0 atom stereocenters. The molecule has 0 spiro atoms. The molecule has 2 fully saturated rings. The lowest BCUT2D eigenvalue weighted by Crippen LogP contribution is -2.61. The van der Waals surface area contributed by atoms with E-state index in [1.165, 1.54) is 0 Å². The maximum atomic E-state index is 11.9. The van der Waals surface area contributed by atoms with Crippen LogP contribution in [0.4, 0.5) is 0 Å². The van der Waals surface area contributed by atoms with Gasteiger partial charge in [0.2, 0.25) is 11.8 Å². The molecular formula is C12H21N3O2. The van der Waals surface area contributed by atoms with Gasteiger partial charge in [-0.3, -0.25) is 9.59 Å². The summed E-state index contributed by atoms with van der Waals surface area (Å²) in [7, 11) is 0. The number of piperidine rings is 1. The van der Waals surface area contributed by atoms with Crippen LogP contribution < -0.4 is 11.1 Å². The Morgan fingerprint density at radius 1 is 1.29 bits per heavy atom. The Labute approximate surface area is 102 Å². The Bertz CT molecular complexity index is 318. The number of hydrogen-bond donors (Lipinski definition) is 2. The van der Waals surface area contributed by atoms with Crippen molar-refractivity contribution in [2.24, 2.45) is 5.73 Å². The van der Waals surface area contributed by atoms with Crippen molar-refractivity contribution >= 4 is 11.8 Å². The van der Waals surface area contributed by atoms with Crippen molar-refractivity contribution in [3.63, 3.8) is 0 Å². The minimum absolute atomic E-state index is 0.00924. The molecular weight excluding hydrogens is 218 g/mol. The zero-order valence-corrected chi connectivity index (χ0v) is 10.4. The minimum atomic E-state index is -0.613. The first-order valence-electron chi connectivity index (χ1n) is 6.37. The van der Waals surface area contributed by atoms with E-state index >= 15 is 0 Å². The lowest BCUT2D eigenvalue weighted by Gasteiger charge is -2.39. The van der Waals surface area contributed by atoms with E-state index in [1.54, 1.807) is 6.92 Å². The van der Waals surface area contributed by atoms with Gasteiger partial charge < -0.3 is 16.0 Å². The zero-order valence-electron chi connectivity index (χ0n) is 10.4. The fourth-order valence-corrected chi connectivity index (χ4v) is 2.45. The predicted molar refractivity (Wildman–Crippen MR) is 64.2 cm³/mol. The number of nitrogens with zero attached hydrogens (tertiary/aromatic N) is 1. The molecule has 5 nitrogen and oxygen atoms in total. The van der Waals surface area contributed by atoms with Crippen LogP contribution in [-0.4, -0.2) is 41.4 Å². The van der Waals surface area contributed by atoms with Gasteiger partial charge in [-0.05, 0) is 32.1 Å². The van der Waals surface area contributed by atoms with E-state index < -0.39 is 5.54 Å². The molecule has 0 unspecified atom stereocenters. The van der Waals surface area contributed by atoms with Gasteiger partial charge in [-0.2, -0.15) is 0 Å². The van der Waals surface area contributed by atoms with Gasteiger partial charge in [0.25, 0.3) is 0 Å². The number of hydrogen-bond acceptors (Lipinski definition) is 3. The number of nitrogens with one attached hydrogen (secondary N) is 1. The first kappa shape index (κ1) is 12.4. The zero-order chi connectivity index (χ0) is 12.5. The molecule has 2 amide bonds. The number of amides is 2. The summed E-state index contributed by atoms with van der Waals surface area (Å²) in [6.07, 6.45) is 4.31. The molecule has 0 aromatic rings. The van der Waals surface area contributed by atoms with E-state index in [4.69, 9.17) is 5.73 Å². The maximum Gasteiger partial charge on any atom is 0.240 e. The van der Waals surface area contributed by atoms with Gasteiger partial charge in [0.1, 0.15) is 0 Å². The van der Waals surface area contributed by atoms with Crippen molar-refractivity contribution in [1.29, 1.82) is 0 Å². The molecule has 1 saturated carbocycles. The third-order valence-corrected chi connectivity index (χ3v) is 3.97. The highest BCUT2D eigenvalue weighted by atomic mass is 16.2. The lowest BCUT2D eigenvalue weighted by atomic mass is 9.77. The molecule has 5 heteroatoms. The van der Waals surface area contributed by atoms with Crippen molar-refractivity contribution < 1.29 is 9.59 Å². The SMILES string of the molecule is CC(=O)N1CCC(NC(=O)C2(N)CCC2)CC1. The summed E-state index contributed by atoms with van der Waals surface area (Å²) in [5, 5.41) is 3.02. The first-order valence-corrected chi connectivity index (χ1v) is 6.37. The molecule has 1 aliphatic carbocycles. The Hall–Kier alpha value is -1.10. The Balaban J connectivity index is 1.78. The predicted octanol–water partition coefficient (Wildman–Crippen LogP) is -0.00510. The summed E-state index contributed by atoms with van der Waals surface area (Å²) in [6, 6.07) is 0.180. The van der Waals surface area contributed by atoms with E-state index in [-0.39, 0.29) is 17.9 Å². The van der Waals surface area contributed by atoms with E-state index in [1.807, 2.05) is 4.90 Å². The van der Waals surface area contributed by atoms with Crippen molar-refractivity contribution in [2.45, 2.75) is 50.6 Å². The van der Waals surface area contributed by atoms with E-state index in [0.29, 0.717) is 0 Å². The second-order valence-corrected chi connectivity index (χ2v) is 5.26. The van der Waals surface area contributed by atoms with Gasteiger partial charge in [0, 0.05) is 26.1 Å². The van der Waals surface area contributed by atoms with Gasteiger partial charge in [-0.1, -0.05) is 0 Å². The van der Waals surface area contributed by atoms with Gasteiger partial charge >= 0.3 is 0 Å². The summed E-state index contributed by atoms with van der Waals surface area (Å²) >= 11 is 0. The Morgan fingerprint density at radius 2 is 1.88 bits per heavy atom. The molecule has 96 valence electrons. The van der Waals surface area contributed by atoms with Crippen LogP contribution in [0.15, 0.2) is 0 Å². The van der Waals surface area contributed by atoms with Crippen LogP contribution in [-0.2, 0) is 9.59 Å². The van der Waals surface area contributed by atoms with Crippen LogP contribution in [0.1, 0.15) is 39.0 Å². The highest BCUT2D eigenvalue weighted by molar-refractivity contribution is 5.87. The number of nitrogens with two attached hydrogens (primary N) is 1. The highest BCUT2D eigenvalue weighted by Gasteiger charge is 2.41. The van der Waals surface area contributed by atoms with Crippen molar-refractivity contribution in [3.05, 3.63) is 0 Å². The van der Waals surface area contributed by atoms with Gasteiger partial charge in [0.15, 0.2) is 0 Å². The van der Waals surface area contributed by atoms with E-state index in [2.05, 4.69) is 5.32 Å². The largest absolute Gasteiger partial charge is 0.352 e. The fraction of sp³-hybridized carbons (Fsp3) is 0.833. The molecule has 3 N–H and O–H groups in total. The second kappa shape index (κ2) is 4.64. The molecule has 0 aromatic heterocycles. The monoisotopic (exact) mass is 239 g/mol. The highest BCUT2D eigenvalue weighted by Crippen LogP contribution is 2.29. The summed E-state index contributed by atoms with van der Waals surface area (Å²) in [5.41, 5.74) is 5.35. The molecule has 2 aliphatic rings. The van der Waals surface area contributed by atoms with Crippen LogP contribution in [0.3, 0.4) is 0 Å². The molecule has 2 rings (SSSR count). The number of carbonyl (C=O) groups is 2. The average Bonchev–Trinajstić information content (AvgIpc) is 2.26. The van der Waals surface area contributed by atoms with Crippen molar-refractivity contribution in [3.8, 4) is 0 Å². The quantitative estimate of drug-likeness (QED) is 0.712. The standard InChI is InChI=1S/C12H21N3O2/c1-9(16)15-7-3-10(4-8-15)14-11(17)12(13)5-2-6-12/h10H,2-8,13H2,1H3,(H,14,17). The number of carbonyl (C=O) groups excluding carboxylic acids is 2. The van der Waals surface area contributed by atoms with Crippen molar-refractivity contribution in [1.82, 2.24) is 10.2 Å². The first-order chi connectivity index (χ1) is 8.01. The molecule has 1 heterocycles. The molecule has 17 heavy (non-hydrogen) atoms. The molecule has 1 saturated heterocycles. The molecule has 1 aliphatic heterocycles.